The Balaban J connectivity index is 0.000000182. The van der Waals surface area contributed by atoms with E-state index in [-0.39, 0.29) is 11.5 Å². The van der Waals surface area contributed by atoms with E-state index in [9.17, 15) is 5.11 Å². The van der Waals surface area contributed by atoms with Crippen LogP contribution in [0.25, 0.3) is 22.3 Å². The third-order valence-corrected chi connectivity index (χ3v) is 14.9. The monoisotopic (exact) mass is 1180 g/mol. The highest BCUT2D eigenvalue weighted by Gasteiger charge is 2.19. The Morgan fingerprint density at radius 1 is 0.198 bits per heavy atom. The number of phenolic OH excluding ortho intramolecular Hbond substituents is 2. The van der Waals surface area contributed by atoms with Crippen molar-refractivity contribution in [2.24, 2.45) is 0 Å². The summed E-state index contributed by atoms with van der Waals surface area (Å²) in [4.78, 5) is 9.08. The van der Waals surface area contributed by atoms with Crippen LogP contribution in [0, 0.1) is 0 Å². The van der Waals surface area contributed by atoms with Crippen molar-refractivity contribution in [3.8, 4) is 33.8 Å². The Kier molecular flexibility index (Phi) is 18.4. The smallest absolute Gasteiger partial charge is 0.115 e. The van der Waals surface area contributed by atoms with Crippen LogP contribution in [-0.2, 0) is 0 Å². The molecule has 0 aliphatic heterocycles. The summed E-state index contributed by atoms with van der Waals surface area (Å²) in [5, 5.41) is 19.0. The van der Waals surface area contributed by atoms with Crippen molar-refractivity contribution in [3.63, 3.8) is 0 Å². The number of rotatable bonds is 14. The van der Waals surface area contributed by atoms with Crippen molar-refractivity contribution in [3.05, 3.63) is 356 Å². The minimum Gasteiger partial charge on any atom is -0.508 e. The first-order valence-corrected chi connectivity index (χ1v) is 29.1. The number of hydrogen-bond acceptors (Lipinski definition) is 7. The molecule has 0 radical (unpaired) electrons. The maximum atomic E-state index is 9.83. The molecule has 4 N–H and O–H groups in total. The number of hydrogen-bond donors (Lipinski definition) is 3. The largest absolute Gasteiger partial charge is 0.508 e. The van der Waals surface area contributed by atoms with Gasteiger partial charge in [-0.25, -0.2) is 0 Å². The molecule has 0 unspecified atom stereocenters. The summed E-state index contributed by atoms with van der Waals surface area (Å²) < 4.78 is 1.09. The zero-order valence-corrected chi connectivity index (χ0v) is 48.7. The second-order valence-corrected chi connectivity index (χ2v) is 21.0. The van der Waals surface area contributed by atoms with E-state index < -0.39 is 0 Å². The van der Waals surface area contributed by atoms with Crippen LogP contribution in [-0.4, -0.2) is 10.2 Å². The number of anilines is 13. The van der Waals surface area contributed by atoms with Crippen LogP contribution in [0.3, 0.4) is 0 Å². The number of halogens is 1. The highest BCUT2D eigenvalue weighted by molar-refractivity contribution is 9.10. The minimum absolute atomic E-state index is 0.259. The van der Waals surface area contributed by atoms with Crippen LogP contribution >= 0.6 is 15.9 Å². The molecule has 0 amide bonds. The van der Waals surface area contributed by atoms with Crippen molar-refractivity contribution in [2.45, 2.75) is 0 Å². The molecular formula is C78H62BrN5O2. The SMILES string of the molecule is Brc1ccc(N(c2ccccc2)c2ccccc2)cc1.Nc1ccc(-c2ccc(O)cc2)cc1.Oc1ccc(-c2ccc(N(c3ccc(N(c4ccccc4)c4ccccc4)cc3)c3ccc(N(c4ccccc4)c4ccccc4)cc3)cc2)cc1. The van der Waals surface area contributed by atoms with Gasteiger partial charge in [-0.05, 0) is 216 Å². The number of para-hydroxylation sites is 6. The van der Waals surface area contributed by atoms with Crippen LogP contribution in [0.1, 0.15) is 0 Å². The van der Waals surface area contributed by atoms with Crippen LogP contribution in [0.15, 0.2) is 356 Å². The fourth-order valence-corrected chi connectivity index (χ4v) is 10.4. The van der Waals surface area contributed by atoms with Crippen molar-refractivity contribution < 1.29 is 10.2 Å². The lowest BCUT2D eigenvalue weighted by Gasteiger charge is -2.29. The topological polar surface area (TPSA) is 79.4 Å². The van der Waals surface area contributed by atoms with Gasteiger partial charge in [0.2, 0.25) is 0 Å². The molecule has 418 valence electrons. The van der Waals surface area contributed by atoms with Crippen LogP contribution in [0.5, 0.6) is 11.5 Å². The van der Waals surface area contributed by atoms with E-state index in [0.29, 0.717) is 0 Å². The number of nitrogens with two attached hydrogens (primary N) is 1. The van der Waals surface area contributed by atoms with E-state index in [2.05, 4.69) is 278 Å². The molecule has 7 nitrogen and oxygen atoms in total. The standard InChI is InChI=1S/C48H37N3O.C18H14BrN.C12H11NO/c52-48-35-23-38(24-36-48)37-21-25-43(26-22-37)51(46-31-27-44(28-32-46)49(39-13-5-1-6-14-39)40-15-7-2-8-16-40)47-33-29-45(30-34-47)50(41-17-9-3-10-18-41)42-19-11-4-12-20-42;19-15-11-13-18(14-12-15)20(16-7-3-1-4-8-16)17-9-5-2-6-10-17;13-11-5-1-9(2-6-11)10-3-7-12(14)8-4-10/h1-36,52H;1-14H;1-8,14H,13H2. The maximum absolute atomic E-state index is 9.83. The fraction of sp³-hybridized carbons (Fsp3) is 0. The Hall–Kier alpha value is -11.1. The highest BCUT2D eigenvalue weighted by Crippen LogP contribution is 2.42. The molecule has 0 aromatic heterocycles. The second kappa shape index (κ2) is 27.8. The van der Waals surface area contributed by atoms with Gasteiger partial charge in [0.05, 0.1) is 0 Å². The first-order chi connectivity index (χ1) is 42.3. The molecule has 0 heterocycles. The average molecular weight is 1180 g/mol. The maximum Gasteiger partial charge on any atom is 0.115 e. The lowest BCUT2D eigenvalue weighted by Crippen LogP contribution is -2.13. The molecule has 0 bridgehead atoms. The van der Waals surface area contributed by atoms with Crippen molar-refractivity contribution in [1.82, 2.24) is 0 Å². The normalized spacial score (nSPS) is 10.5. The number of benzene rings is 13. The third kappa shape index (κ3) is 14.2. The number of aromatic hydroxyl groups is 2. The summed E-state index contributed by atoms with van der Waals surface area (Å²) in [6, 6.07) is 119. The molecule has 8 heteroatoms. The summed E-state index contributed by atoms with van der Waals surface area (Å²) in [5.41, 5.74) is 23.7. The Bertz CT molecular complexity index is 3850. The van der Waals surface area contributed by atoms with Crippen molar-refractivity contribution >= 4 is 89.9 Å². The van der Waals surface area contributed by atoms with E-state index >= 15 is 0 Å². The van der Waals surface area contributed by atoms with Gasteiger partial charge >= 0.3 is 0 Å². The molecule has 0 atom stereocenters. The summed E-state index contributed by atoms with van der Waals surface area (Å²) in [6.07, 6.45) is 0. The summed E-state index contributed by atoms with van der Waals surface area (Å²) >= 11 is 3.49. The lowest BCUT2D eigenvalue weighted by atomic mass is 10.0. The highest BCUT2D eigenvalue weighted by atomic mass is 79.9. The van der Waals surface area contributed by atoms with Gasteiger partial charge in [-0.3, -0.25) is 0 Å². The Morgan fingerprint density at radius 2 is 0.360 bits per heavy atom. The molecule has 13 rings (SSSR count). The zero-order valence-electron chi connectivity index (χ0n) is 47.1. The van der Waals surface area contributed by atoms with Crippen molar-refractivity contribution in [2.75, 3.05) is 25.3 Å². The van der Waals surface area contributed by atoms with E-state index in [0.717, 1.165) is 101 Å². The van der Waals surface area contributed by atoms with Gasteiger partial charge < -0.3 is 35.5 Å². The quantitative estimate of drug-likeness (QED) is 0.0936. The molecule has 86 heavy (non-hydrogen) atoms. The van der Waals surface area contributed by atoms with Gasteiger partial charge in [0, 0.05) is 78.4 Å². The first-order valence-electron chi connectivity index (χ1n) is 28.3. The van der Waals surface area contributed by atoms with Crippen LogP contribution in [0.4, 0.5) is 73.9 Å². The van der Waals surface area contributed by atoms with Crippen LogP contribution in [0.2, 0.25) is 0 Å². The van der Waals surface area contributed by atoms with Gasteiger partial charge in [0.1, 0.15) is 11.5 Å². The van der Waals surface area contributed by atoms with Gasteiger partial charge in [-0.1, -0.05) is 174 Å². The molecule has 0 aliphatic rings. The lowest BCUT2D eigenvalue weighted by molar-refractivity contribution is 0.475. The number of nitrogens with zero attached hydrogens (tertiary/aromatic N) is 4. The molecule has 13 aromatic carbocycles. The fourth-order valence-electron chi connectivity index (χ4n) is 10.1. The summed E-state index contributed by atoms with van der Waals surface area (Å²) in [7, 11) is 0. The van der Waals surface area contributed by atoms with Crippen LogP contribution < -0.4 is 25.3 Å². The average Bonchev–Trinajstić information content (AvgIpc) is 3.74. The van der Waals surface area contributed by atoms with Gasteiger partial charge in [-0.2, -0.15) is 0 Å². The third-order valence-electron chi connectivity index (χ3n) is 14.3. The van der Waals surface area contributed by atoms with E-state index in [1.807, 2.05) is 84.9 Å². The molecule has 0 saturated heterocycles. The molecule has 0 aliphatic carbocycles. The predicted octanol–water partition coefficient (Wildman–Crippen LogP) is 22.0. The molecular weight excluding hydrogens is 1120 g/mol. The number of phenols is 2. The second-order valence-electron chi connectivity index (χ2n) is 20.1. The molecule has 0 saturated carbocycles. The minimum atomic E-state index is 0.259. The van der Waals surface area contributed by atoms with Gasteiger partial charge in [0.25, 0.3) is 0 Å². The summed E-state index contributed by atoms with van der Waals surface area (Å²) in [6.45, 7) is 0. The van der Waals surface area contributed by atoms with E-state index in [4.69, 9.17) is 10.8 Å². The van der Waals surface area contributed by atoms with E-state index in [1.54, 1.807) is 24.3 Å². The van der Waals surface area contributed by atoms with E-state index in [1.165, 1.54) is 0 Å². The first kappa shape index (κ1) is 56.8. The zero-order chi connectivity index (χ0) is 58.9. The molecule has 0 spiro atoms. The van der Waals surface area contributed by atoms with Gasteiger partial charge in [-0.15, -0.1) is 0 Å². The Labute approximate surface area is 512 Å². The van der Waals surface area contributed by atoms with Gasteiger partial charge in [0.15, 0.2) is 0 Å². The number of nitrogen functional groups attached to an aromatic ring is 1. The predicted molar refractivity (Wildman–Crippen MR) is 364 cm³/mol. The summed E-state index contributed by atoms with van der Waals surface area (Å²) in [5.74, 6) is 0.541. The molecule has 0 fully saturated rings. The molecule has 13 aromatic rings. The Morgan fingerprint density at radius 3 is 0.581 bits per heavy atom. The van der Waals surface area contributed by atoms with Crippen molar-refractivity contribution in [1.29, 1.82) is 0 Å².